The molecule has 1 atom stereocenters. The molecule has 0 N–H and O–H groups in total. The van der Waals surface area contributed by atoms with Gasteiger partial charge in [-0.05, 0) is 37.2 Å². The van der Waals surface area contributed by atoms with Crippen molar-refractivity contribution in [1.29, 1.82) is 0 Å². The Labute approximate surface area is 105 Å². The fourth-order valence-corrected chi connectivity index (χ4v) is 2.53. The predicted molar refractivity (Wildman–Crippen MR) is 70.7 cm³/mol. The molecular weight excluding hydrogens is 212 g/mol. The fourth-order valence-electron chi connectivity index (χ4n) is 2.53. The first-order valence-corrected chi connectivity index (χ1v) is 6.39. The first-order valence-electron chi connectivity index (χ1n) is 6.39. The first kappa shape index (κ1) is 14.0. The van der Waals surface area contributed by atoms with Crippen molar-refractivity contribution in [3.05, 3.63) is 23.8 Å². The van der Waals surface area contributed by atoms with Gasteiger partial charge in [0.1, 0.15) is 6.10 Å². The van der Waals surface area contributed by atoms with Crippen molar-refractivity contribution < 1.29 is 9.53 Å². The largest absolute Gasteiger partial charge is 0.463 e. The lowest BCUT2D eigenvalue weighted by Crippen LogP contribution is -2.21. The molecule has 2 nitrogen and oxygen atoms in total. The Morgan fingerprint density at radius 3 is 2.76 bits per heavy atom. The summed E-state index contributed by atoms with van der Waals surface area (Å²) in [5.74, 6) is -0.211. The third kappa shape index (κ3) is 4.03. The lowest BCUT2D eigenvalue weighted by molar-refractivity contribution is -0.145. The third-order valence-corrected chi connectivity index (χ3v) is 3.41. The number of carbonyl (C=O) groups excluding carboxylic acids is 1. The highest BCUT2D eigenvalue weighted by molar-refractivity contribution is 5.66. The monoisotopic (exact) mass is 236 g/mol. The molecule has 1 aliphatic carbocycles. The van der Waals surface area contributed by atoms with Crippen LogP contribution in [0.4, 0.5) is 0 Å². The first-order chi connectivity index (χ1) is 7.83. The van der Waals surface area contributed by atoms with Gasteiger partial charge in [-0.1, -0.05) is 32.1 Å². The Kier molecular flexibility index (Phi) is 4.55. The molecule has 1 fully saturated rings. The average molecular weight is 236 g/mol. The Morgan fingerprint density at radius 1 is 1.59 bits per heavy atom. The standard InChI is InChI=1S/C15H24O2/c1-11-7-6-10-15(4,5)14(11)9-8-12(2)17-13(3)16/h9,12H,1,6-8,10H2,2-5H3. The van der Waals surface area contributed by atoms with Gasteiger partial charge in [0.2, 0.25) is 0 Å². The molecule has 1 unspecified atom stereocenters. The van der Waals surface area contributed by atoms with E-state index in [9.17, 15) is 4.79 Å². The SMILES string of the molecule is C=C1CCCC(C)(C)C1=CCC(C)OC(C)=O. The van der Waals surface area contributed by atoms with E-state index in [-0.39, 0.29) is 17.5 Å². The van der Waals surface area contributed by atoms with E-state index < -0.39 is 0 Å². The normalized spacial score (nSPS) is 23.5. The van der Waals surface area contributed by atoms with Crippen LogP contribution in [0.1, 0.15) is 53.4 Å². The summed E-state index contributed by atoms with van der Waals surface area (Å²) in [7, 11) is 0. The summed E-state index contributed by atoms with van der Waals surface area (Å²) in [4.78, 5) is 10.8. The third-order valence-electron chi connectivity index (χ3n) is 3.41. The fraction of sp³-hybridized carbons (Fsp3) is 0.667. The summed E-state index contributed by atoms with van der Waals surface area (Å²) in [5.41, 5.74) is 2.81. The molecule has 0 bridgehead atoms. The zero-order chi connectivity index (χ0) is 13.1. The average Bonchev–Trinajstić information content (AvgIpc) is 2.14. The number of esters is 1. The van der Waals surface area contributed by atoms with Gasteiger partial charge in [-0.25, -0.2) is 0 Å². The van der Waals surface area contributed by atoms with Gasteiger partial charge in [-0.15, -0.1) is 0 Å². The van der Waals surface area contributed by atoms with Crippen LogP contribution < -0.4 is 0 Å². The van der Waals surface area contributed by atoms with Crippen LogP contribution in [-0.4, -0.2) is 12.1 Å². The van der Waals surface area contributed by atoms with E-state index in [1.165, 1.54) is 30.9 Å². The van der Waals surface area contributed by atoms with Gasteiger partial charge in [-0.2, -0.15) is 0 Å². The van der Waals surface area contributed by atoms with Crippen molar-refractivity contribution in [3.8, 4) is 0 Å². The minimum absolute atomic E-state index is 0.0504. The molecule has 1 rings (SSSR count). The van der Waals surface area contributed by atoms with E-state index in [0.29, 0.717) is 0 Å². The predicted octanol–water partition coefficient (Wildman–Crippen LogP) is 4.02. The number of carbonyl (C=O) groups is 1. The van der Waals surface area contributed by atoms with Crippen molar-refractivity contribution in [2.75, 3.05) is 0 Å². The van der Waals surface area contributed by atoms with E-state index in [0.717, 1.165) is 12.8 Å². The molecule has 96 valence electrons. The molecule has 17 heavy (non-hydrogen) atoms. The van der Waals surface area contributed by atoms with Gasteiger partial charge >= 0.3 is 5.97 Å². The maximum absolute atomic E-state index is 10.8. The molecule has 2 heteroatoms. The second kappa shape index (κ2) is 5.52. The van der Waals surface area contributed by atoms with E-state index in [4.69, 9.17) is 4.74 Å². The second-order valence-corrected chi connectivity index (χ2v) is 5.61. The summed E-state index contributed by atoms with van der Waals surface area (Å²) in [6.45, 7) is 12.1. The maximum Gasteiger partial charge on any atom is 0.302 e. The molecule has 0 aromatic rings. The summed E-state index contributed by atoms with van der Waals surface area (Å²) in [6.07, 6.45) is 6.46. The molecule has 0 aromatic carbocycles. The van der Waals surface area contributed by atoms with Crippen LogP contribution in [0.2, 0.25) is 0 Å². The van der Waals surface area contributed by atoms with Crippen molar-refractivity contribution in [3.63, 3.8) is 0 Å². The highest BCUT2D eigenvalue weighted by atomic mass is 16.5. The van der Waals surface area contributed by atoms with Gasteiger partial charge < -0.3 is 4.74 Å². The molecule has 0 aliphatic heterocycles. The van der Waals surface area contributed by atoms with Crippen molar-refractivity contribution in [2.24, 2.45) is 5.41 Å². The zero-order valence-corrected chi connectivity index (χ0v) is 11.5. The Morgan fingerprint density at radius 2 is 2.24 bits per heavy atom. The van der Waals surface area contributed by atoms with Gasteiger partial charge in [-0.3, -0.25) is 4.79 Å². The molecule has 0 amide bonds. The quantitative estimate of drug-likeness (QED) is 0.692. The van der Waals surface area contributed by atoms with Crippen LogP contribution in [0.15, 0.2) is 23.8 Å². The minimum Gasteiger partial charge on any atom is -0.463 e. The van der Waals surface area contributed by atoms with E-state index in [1.807, 2.05) is 6.92 Å². The van der Waals surface area contributed by atoms with Crippen LogP contribution in [-0.2, 0) is 9.53 Å². The molecule has 0 spiro atoms. The number of hydrogen-bond acceptors (Lipinski definition) is 2. The lowest BCUT2D eigenvalue weighted by atomic mass is 9.71. The maximum atomic E-state index is 10.8. The zero-order valence-electron chi connectivity index (χ0n) is 11.5. The van der Waals surface area contributed by atoms with Crippen molar-refractivity contribution in [1.82, 2.24) is 0 Å². The highest BCUT2D eigenvalue weighted by Crippen LogP contribution is 2.42. The summed E-state index contributed by atoms with van der Waals surface area (Å²) < 4.78 is 5.13. The van der Waals surface area contributed by atoms with Gasteiger partial charge in [0, 0.05) is 13.3 Å². The minimum atomic E-state index is -0.211. The van der Waals surface area contributed by atoms with E-state index in [1.54, 1.807) is 0 Å². The van der Waals surface area contributed by atoms with Gasteiger partial charge in [0.15, 0.2) is 0 Å². The molecule has 1 aliphatic rings. The second-order valence-electron chi connectivity index (χ2n) is 5.61. The molecule has 1 saturated carbocycles. The number of hydrogen-bond donors (Lipinski definition) is 0. The molecule has 0 saturated heterocycles. The van der Waals surface area contributed by atoms with Crippen molar-refractivity contribution >= 4 is 5.97 Å². The van der Waals surface area contributed by atoms with Gasteiger partial charge in [0.05, 0.1) is 0 Å². The van der Waals surface area contributed by atoms with Crippen LogP contribution in [0.3, 0.4) is 0 Å². The van der Waals surface area contributed by atoms with E-state index in [2.05, 4.69) is 26.5 Å². The van der Waals surface area contributed by atoms with Crippen LogP contribution in [0.25, 0.3) is 0 Å². The molecule has 0 aromatic heterocycles. The number of ether oxygens (including phenoxy) is 1. The van der Waals surface area contributed by atoms with Crippen LogP contribution in [0.5, 0.6) is 0 Å². The lowest BCUT2D eigenvalue weighted by Gasteiger charge is -2.34. The number of allylic oxidation sites excluding steroid dienone is 2. The number of rotatable bonds is 3. The molecule has 0 radical (unpaired) electrons. The molecule has 0 heterocycles. The summed E-state index contributed by atoms with van der Waals surface area (Å²) in [6, 6.07) is 0. The Bertz CT molecular complexity index is 337. The van der Waals surface area contributed by atoms with Gasteiger partial charge in [0.25, 0.3) is 0 Å². The topological polar surface area (TPSA) is 26.3 Å². The smallest absolute Gasteiger partial charge is 0.302 e. The molecular formula is C15H24O2. The summed E-state index contributed by atoms with van der Waals surface area (Å²) in [5, 5.41) is 0. The Hall–Kier alpha value is -1.05. The highest BCUT2D eigenvalue weighted by Gasteiger charge is 2.28. The summed E-state index contributed by atoms with van der Waals surface area (Å²) >= 11 is 0. The van der Waals surface area contributed by atoms with E-state index >= 15 is 0 Å². The van der Waals surface area contributed by atoms with Crippen molar-refractivity contribution in [2.45, 2.75) is 59.5 Å². The van der Waals surface area contributed by atoms with Crippen LogP contribution in [0, 0.1) is 5.41 Å². The van der Waals surface area contributed by atoms with Crippen LogP contribution >= 0.6 is 0 Å². The Balaban J connectivity index is 2.68.